The number of amides is 2. The SMILES string of the molecule is Cc1ccc(S(=O)(=O)n2c(B3OCC(=O)N(C)C(=O)CO3)cc3ccccc32)cc1. The zero-order chi connectivity index (χ0) is 21.5. The summed E-state index contributed by atoms with van der Waals surface area (Å²) in [5, 5.41) is 0.659. The molecule has 0 N–H and O–H groups in total. The first-order chi connectivity index (χ1) is 14.3. The molecule has 2 aromatic carbocycles. The number of aryl methyl sites for hydroxylation is 1. The zero-order valence-electron chi connectivity index (χ0n) is 16.4. The van der Waals surface area contributed by atoms with Crippen molar-refractivity contribution in [3.05, 3.63) is 60.2 Å². The molecular formula is C20H19BN2O6S. The molecule has 1 saturated heterocycles. The molecule has 1 aliphatic rings. The predicted octanol–water partition coefficient (Wildman–Crippen LogP) is 0.914. The Morgan fingerprint density at radius 1 is 0.933 bits per heavy atom. The van der Waals surface area contributed by atoms with Gasteiger partial charge in [-0.25, -0.2) is 12.4 Å². The van der Waals surface area contributed by atoms with Gasteiger partial charge in [-0.15, -0.1) is 0 Å². The Labute approximate surface area is 174 Å². The number of hydrogen-bond acceptors (Lipinski definition) is 6. The fourth-order valence-electron chi connectivity index (χ4n) is 3.24. The molecule has 4 rings (SSSR count). The van der Waals surface area contributed by atoms with E-state index >= 15 is 0 Å². The molecule has 154 valence electrons. The normalized spacial score (nSPS) is 16.1. The molecular weight excluding hydrogens is 407 g/mol. The monoisotopic (exact) mass is 426 g/mol. The van der Waals surface area contributed by atoms with Crippen LogP contribution in [0, 0.1) is 6.92 Å². The van der Waals surface area contributed by atoms with E-state index in [4.69, 9.17) is 9.31 Å². The van der Waals surface area contributed by atoms with Gasteiger partial charge in [-0.1, -0.05) is 35.9 Å². The highest BCUT2D eigenvalue weighted by Gasteiger charge is 2.36. The summed E-state index contributed by atoms with van der Waals surface area (Å²) in [5.41, 5.74) is 1.55. The average molecular weight is 426 g/mol. The largest absolute Gasteiger partial charge is 0.513 e. The maximum atomic E-state index is 13.5. The number of fused-ring (bicyclic) bond motifs is 1. The van der Waals surface area contributed by atoms with Crippen LogP contribution in [0.1, 0.15) is 5.56 Å². The first kappa shape index (κ1) is 20.3. The molecule has 10 heteroatoms. The number of benzene rings is 2. The van der Waals surface area contributed by atoms with Crippen molar-refractivity contribution >= 4 is 45.5 Å². The van der Waals surface area contributed by atoms with Crippen molar-refractivity contribution in [3.63, 3.8) is 0 Å². The topological polar surface area (TPSA) is 94.9 Å². The molecule has 8 nitrogen and oxygen atoms in total. The molecule has 30 heavy (non-hydrogen) atoms. The van der Waals surface area contributed by atoms with Crippen molar-refractivity contribution in [2.24, 2.45) is 0 Å². The number of likely N-dealkylation sites (N-methyl/N-ethyl adjacent to an activating group) is 1. The van der Waals surface area contributed by atoms with Gasteiger partial charge in [-0.05, 0) is 31.2 Å². The maximum absolute atomic E-state index is 13.5. The van der Waals surface area contributed by atoms with Crippen molar-refractivity contribution in [2.75, 3.05) is 20.3 Å². The molecule has 0 radical (unpaired) electrons. The molecule has 2 heterocycles. The first-order valence-corrected chi connectivity index (χ1v) is 10.7. The summed E-state index contributed by atoms with van der Waals surface area (Å²) < 4.78 is 39.3. The second-order valence-electron chi connectivity index (χ2n) is 7.01. The van der Waals surface area contributed by atoms with E-state index in [9.17, 15) is 18.0 Å². The summed E-state index contributed by atoms with van der Waals surface area (Å²) in [6, 6.07) is 15.1. The fraction of sp³-hybridized carbons (Fsp3) is 0.200. The summed E-state index contributed by atoms with van der Waals surface area (Å²) in [5.74, 6) is -1.06. The summed E-state index contributed by atoms with van der Waals surface area (Å²) in [4.78, 5) is 25.2. The lowest BCUT2D eigenvalue weighted by molar-refractivity contribution is -0.147. The third-order valence-corrected chi connectivity index (χ3v) is 6.71. The molecule has 2 amide bonds. The van der Waals surface area contributed by atoms with Crippen LogP contribution in [-0.2, 0) is 28.9 Å². The van der Waals surface area contributed by atoms with Gasteiger partial charge < -0.3 is 9.31 Å². The van der Waals surface area contributed by atoms with Crippen LogP contribution in [-0.4, -0.2) is 56.5 Å². The lowest BCUT2D eigenvalue weighted by Gasteiger charge is -2.23. The highest BCUT2D eigenvalue weighted by atomic mass is 32.2. The van der Waals surface area contributed by atoms with Crippen LogP contribution in [0.3, 0.4) is 0 Å². The van der Waals surface area contributed by atoms with E-state index in [1.807, 2.05) is 6.92 Å². The lowest BCUT2D eigenvalue weighted by Crippen LogP contribution is -2.50. The Bertz CT molecular complexity index is 1220. The van der Waals surface area contributed by atoms with Crippen LogP contribution in [0.5, 0.6) is 0 Å². The van der Waals surface area contributed by atoms with Crippen LogP contribution >= 0.6 is 0 Å². The molecule has 0 unspecified atom stereocenters. The van der Waals surface area contributed by atoms with Crippen molar-refractivity contribution in [1.82, 2.24) is 8.87 Å². The fourth-order valence-corrected chi connectivity index (χ4v) is 4.78. The molecule has 0 bridgehead atoms. The van der Waals surface area contributed by atoms with Gasteiger partial charge in [0, 0.05) is 12.4 Å². The molecule has 0 aliphatic carbocycles. The second kappa shape index (κ2) is 7.71. The minimum absolute atomic E-state index is 0.105. The highest BCUT2D eigenvalue weighted by molar-refractivity contribution is 7.90. The minimum atomic E-state index is -4.00. The molecule has 1 fully saturated rings. The molecule has 0 atom stereocenters. The third-order valence-electron chi connectivity index (χ3n) is 4.96. The minimum Gasteiger partial charge on any atom is -0.397 e. The predicted molar refractivity (Wildman–Crippen MR) is 111 cm³/mol. The molecule has 1 aromatic heterocycles. The third kappa shape index (κ3) is 3.53. The van der Waals surface area contributed by atoms with E-state index in [1.165, 1.54) is 19.2 Å². The van der Waals surface area contributed by atoms with E-state index < -0.39 is 42.2 Å². The average Bonchev–Trinajstić information content (AvgIpc) is 3.12. The van der Waals surface area contributed by atoms with Crippen LogP contribution in [0.2, 0.25) is 0 Å². The van der Waals surface area contributed by atoms with Gasteiger partial charge in [-0.3, -0.25) is 14.5 Å². The van der Waals surface area contributed by atoms with Gasteiger partial charge in [0.1, 0.15) is 13.2 Å². The van der Waals surface area contributed by atoms with E-state index in [0.717, 1.165) is 14.4 Å². The molecule has 3 aromatic rings. The number of aromatic nitrogens is 1. The van der Waals surface area contributed by atoms with E-state index in [2.05, 4.69) is 0 Å². The Morgan fingerprint density at radius 3 is 2.17 bits per heavy atom. The van der Waals surface area contributed by atoms with Crippen LogP contribution < -0.4 is 5.59 Å². The molecule has 0 spiro atoms. The second-order valence-corrected chi connectivity index (χ2v) is 8.80. The van der Waals surface area contributed by atoms with Crippen molar-refractivity contribution in [2.45, 2.75) is 11.8 Å². The maximum Gasteiger partial charge on any atom is 0.513 e. The van der Waals surface area contributed by atoms with Gasteiger partial charge in [-0.2, -0.15) is 0 Å². The van der Waals surface area contributed by atoms with E-state index in [-0.39, 0.29) is 10.5 Å². The Hall–Kier alpha value is -2.95. The van der Waals surface area contributed by atoms with Gasteiger partial charge >= 0.3 is 7.12 Å². The highest BCUT2D eigenvalue weighted by Crippen LogP contribution is 2.22. The molecule has 1 aliphatic heterocycles. The zero-order valence-corrected chi connectivity index (χ0v) is 17.3. The number of para-hydroxylation sites is 1. The van der Waals surface area contributed by atoms with Gasteiger partial charge in [0.15, 0.2) is 0 Å². The standard InChI is InChI=1S/C20H19BN2O6S/c1-14-7-9-16(10-8-14)30(26,27)23-17-6-4-3-5-15(17)11-18(23)21-28-12-19(24)22(2)20(25)13-29-21/h3-11H,12-13H2,1-2H3. The van der Waals surface area contributed by atoms with Crippen LogP contribution in [0.4, 0.5) is 0 Å². The van der Waals surface area contributed by atoms with E-state index in [1.54, 1.807) is 42.5 Å². The number of carbonyl (C=O) groups excluding carboxylic acids is 2. The van der Waals surface area contributed by atoms with Crippen molar-refractivity contribution in [1.29, 1.82) is 0 Å². The summed E-state index contributed by atoms with van der Waals surface area (Å²) in [7, 11) is -3.87. The molecule has 0 saturated carbocycles. The van der Waals surface area contributed by atoms with Crippen LogP contribution in [0.15, 0.2) is 59.5 Å². The van der Waals surface area contributed by atoms with Gasteiger partial charge in [0.05, 0.1) is 16.0 Å². The van der Waals surface area contributed by atoms with Gasteiger partial charge in [0.2, 0.25) is 0 Å². The quantitative estimate of drug-likeness (QED) is 0.457. The van der Waals surface area contributed by atoms with Crippen molar-refractivity contribution < 1.29 is 27.3 Å². The summed E-state index contributed by atoms with van der Waals surface area (Å²) in [6.45, 7) is 1.03. The first-order valence-electron chi connectivity index (χ1n) is 9.24. The Balaban J connectivity index is 1.86. The van der Waals surface area contributed by atoms with Crippen molar-refractivity contribution in [3.8, 4) is 0 Å². The number of rotatable bonds is 3. The van der Waals surface area contributed by atoms with Gasteiger partial charge in [0.25, 0.3) is 21.8 Å². The Kier molecular flexibility index (Phi) is 5.23. The van der Waals surface area contributed by atoms with Crippen LogP contribution in [0.25, 0.3) is 10.9 Å². The number of hydrogen-bond donors (Lipinski definition) is 0. The lowest BCUT2D eigenvalue weighted by atomic mass is 9.84. The smallest absolute Gasteiger partial charge is 0.397 e. The Morgan fingerprint density at radius 2 is 1.53 bits per heavy atom. The van der Waals surface area contributed by atoms with E-state index in [0.29, 0.717) is 10.9 Å². The number of imide groups is 1. The number of nitrogens with zero attached hydrogens (tertiary/aromatic N) is 2. The number of carbonyl (C=O) groups is 2. The summed E-state index contributed by atoms with van der Waals surface area (Å²) >= 11 is 0. The summed E-state index contributed by atoms with van der Waals surface area (Å²) in [6.07, 6.45) is 0.